The Bertz CT molecular complexity index is 1240. The Morgan fingerprint density at radius 1 is 0.603 bits per heavy atom. The molecule has 0 unspecified atom stereocenters. The van der Waals surface area contributed by atoms with E-state index in [0.29, 0.717) is 0 Å². The van der Waals surface area contributed by atoms with Gasteiger partial charge in [0.1, 0.15) is 6.54 Å². The van der Waals surface area contributed by atoms with Crippen molar-refractivity contribution in [1.82, 2.24) is 9.80 Å². The second kappa shape index (κ2) is 37.6. The average Bonchev–Trinajstić information content (AvgIpc) is 3.03. The van der Waals surface area contributed by atoms with Crippen molar-refractivity contribution in [3.05, 3.63) is 35.9 Å². The first kappa shape index (κ1) is 64.8. The number of unbranched alkanes of at least 4 members (excludes halogenated alkanes) is 9. The second-order valence-corrected chi connectivity index (χ2v) is 13.9. The van der Waals surface area contributed by atoms with Gasteiger partial charge in [-0.25, -0.2) is 4.79 Å². The van der Waals surface area contributed by atoms with Gasteiger partial charge in [-0.1, -0.05) is 88.6 Å². The molecule has 322 valence electrons. The van der Waals surface area contributed by atoms with Crippen LogP contribution < -0.4 is 81.7 Å². The van der Waals surface area contributed by atoms with Crippen molar-refractivity contribution >= 4 is 41.8 Å². The van der Waals surface area contributed by atoms with E-state index in [-0.39, 0.29) is 84.6 Å². The summed E-state index contributed by atoms with van der Waals surface area (Å²) in [6.07, 6.45) is 11.9. The number of rotatable bonds is 29. The molecule has 21 heteroatoms. The number of carbonyl (C=O) groups excluding carboxylic acids is 2. The number of benzene rings is 1. The average molecular weight is 868 g/mol. The van der Waals surface area contributed by atoms with Gasteiger partial charge in [0.15, 0.2) is 5.60 Å². The molecule has 0 saturated heterocycles. The molecule has 1 aromatic carbocycles. The van der Waals surface area contributed by atoms with Crippen molar-refractivity contribution in [2.75, 3.05) is 59.9 Å². The third kappa shape index (κ3) is 40.4. The van der Waals surface area contributed by atoms with Crippen LogP contribution >= 0.6 is 0 Å². The van der Waals surface area contributed by atoms with Crippen LogP contribution in [0.4, 0.5) is 0 Å². The number of nitrogens with zero attached hydrogens (tertiary/aromatic N) is 3. The molecule has 0 radical (unpaired) electrons. The van der Waals surface area contributed by atoms with E-state index in [1.165, 1.54) is 76.3 Å². The first-order valence-corrected chi connectivity index (χ1v) is 18.2. The zero-order chi connectivity index (χ0) is 42.5. The Labute approximate surface area is 391 Å². The molecule has 0 amide bonds. The molecule has 0 aliphatic heterocycles. The molecule has 0 fully saturated rings. The van der Waals surface area contributed by atoms with Crippen LogP contribution in [-0.4, -0.2) is 152 Å². The van der Waals surface area contributed by atoms with E-state index in [1.54, 1.807) is 0 Å². The van der Waals surface area contributed by atoms with Gasteiger partial charge in [0.05, 0.1) is 58.5 Å². The monoisotopic (exact) mass is 867 g/mol. The SMILES string of the molecule is CCCCCCCCCCCC[N+](C)(C)Cc1ccccc1.O=C(O)CC(O)(CC(=O)O)C(=O)O.O=C([O-])CN(CCN(CC(=O)[O-])CC(=O)O)CC(=O)O.[Cl-].[Na+].[Na+]. The summed E-state index contributed by atoms with van der Waals surface area (Å²) in [5.74, 6) is -10.5. The van der Waals surface area contributed by atoms with Gasteiger partial charge >= 0.3 is 89.0 Å². The van der Waals surface area contributed by atoms with Crippen molar-refractivity contribution in [3.63, 3.8) is 0 Å². The number of carbonyl (C=O) groups is 7. The molecule has 0 saturated carbocycles. The Morgan fingerprint density at radius 2 is 0.966 bits per heavy atom. The van der Waals surface area contributed by atoms with Crippen molar-refractivity contribution in [2.24, 2.45) is 0 Å². The number of carboxylic acid groups (broad SMARTS) is 7. The smallest absolute Gasteiger partial charge is 1.00 e. The fraction of sp³-hybridized carbons (Fsp3) is 0.649. The van der Waals surface area contributed by atoms with Crippen LogP contribution in [0.3, 0.4) is 0 Å². The minimum absolute atomic E-state index is 0. The van der Waals surface area contributed by atoms with Crippen LogP contribution in [0.25, 0.3) is 0 Å². The maximum atomic E-state index is 10.5. The van der Waals surface area contributed by atoms with E-state index in [1.807, 2.05) is 0 Å². The first-order chi connectivity index (χ1) is 25.6. The van der Waals surface area contributed by atoms with Gasteiger partial charge in [0, 0.05) is 31.7 Å². The summed E-state index contributed by atoms with van der Waals surface area (Å²) < 4.78 is 1.11. The molecule has 0 atom stereocenters. The summed E-state index contributed by atoms with van der Waals surface area (Å²) in [5.41, 5.74) is -1.28. The maximum absolute atomic E-state index is 10.5. The third-order valence-electron chi connectivity index (χ3n) is 8.01. The number of aliphatic hydroxyl groups is 1. The summed E-state index contributed by atoms with van der Waals surface area (Å²) in [6, 6.07) is 10.9. The van der Waals surface area contributed by atoms with Crippen LogP contribution in [0.2, 0.25) is 0 Å². The van der Waals surface area contributed by atoms with Crippen LogP contribution in [0.15, 0.2) is 30.3 Å². The van der Waals surface area contributed by atoms with Crippen LogP contribution in [-0.2, 0) is 40.1 Å². The summed E-state index contributed by atoms with van der Waals surface area (Å²) in [6.45, 7) is 1.99. The molecule has 18 nitrogen and oxygen atoms in total. The molecule has 58 heavy (non-hydrogen) atoms. The van der Waals surface area contributed by atoms with E-state index >= 15 is 0 Å². The summed E-state index contributed by atoms with van der Waals surface area (Å²) in [5, 5.41) is 71.9. The van der Waals surface area contributed by atoms with E-state index in [2.05, 4.69) is 51.4 Å². The van der Waals surface area contributed by atoms with E-state index in [0.717, 1.165) is 20.8 Å². The molecule has 1 aromatic rings. The van der Waals surface area contributed by atoms with Gasteiger partial charge in [0.2, 0.25) is 0 Å². The molecule has 0 aliphatic carbocycles. The second-order valence-electron chi connectivity index (χ2n) is 13.9. The number of quaternary nitrogens is 1. The maximum Gasteiger partial charge on any atom is 1.00 e. The molecular weight excluding hydrogens is 808 g/mol. The molecular formula is C37H60ClN3Na2O15. The van der Waals surface area contributed by atoms with Gasteiger partial charge in [0.25, 0.3) is 0 Å². The number of carboxylic acids is 7. The summed E-state index contributed by atoms with van der Waals surface area (Å²) in [7, 11) is 4.72. The number of aliphatic carboxylic acids is 7. The van der Waals surface area contributed by atoms with Gasteiger partial charge in [-0.3, -0.25) is 29.0 Å². The predicted molar refractivity (Wildman–Crippen MR) is 194 cm³/mol. The van der Waals surface area contributed by atoms with Crippen molar-refractivity contribution < 1.29 is 150 Å². The van der Waals surface area contributed by atoms with Crippen molar-refractivity contribution in [2.45, 2.75) is 96.1 Å². The predicted octanol–water partition coefficient (Wildman–Crippen LogP) is -8.79. The minimum atomic E-state index is -2.74. The third-order valence-corrected chi connectivity index (χ3v) is 8.01. The summed E-state index contributed by atoms with van der Waals surface area (Å²) >= 11 is 0. The zero-order valence-electron chi connectivity index (χ0n) is 34.6. The fourth-order valence-electron chi connectivity index (χ4n) is 5.36. The Hall–Kier alpha value is -2.36. The van der Waals surface area contributed by atoms with Crippen molar-refractivity contribution in [3.8, 4) is 0 Å². The van der Waals surface area contributed by atoms with Crippen LogP contribution in [0, 0.1) is 0 Å². The van der Waals surface area contributed by atoms with Crippen molar-refractivity contribution in [1.29, 1.82) is 0 Å². The van der Waals surface area contributed by atoms with E-state index in [9.17, 15) is 43.8 Å². The molecule has 1 rings (SSSR count). The Kier molecular flexibility index (Phi) is 42.0. The van der Waals surface area contributed by atoms with E-state index < -0.39 is 86.4 Å². The van der Waals surface area contributed by atoms with Gasteiger partial charge < -0.3 is 67.3 Å². The normalized spacial score (nSPS) is 10.6. The Balaban J connectivity index is -0.000000243. The molecule has 0 aliphatic rings. The standard InChI is InChI=1S/C21H38N.C10H16N2O8.C6H8O7.ClH.2Na/c1-4-5-6-7-8-9-10-11-12-16-19-22(2,3)20-21-17-14-13-15-18-21;13-7(14)3-11(4-8(15)16)1-2-12(5-9(17)18)6-10(19)20;7-3(8)1-6(13,5(11)12)2-4(9)10;;;/h13-15,17-18H,4-12,16,19-20H2,1-3H3;1-6H2,(H,13,14)(H,15,16)(H,17,18)(H,19,20);13H,1-2H2,(H,7,8)(H,9,10)(H,11,12);1H;;/q+1;;;;2*+1/p-3. The minimum Gasteiger partial charge on any atom is -1.00 e. The molecule has 0 spiro atoms. The van der Waals surface area contributed by atoms with Crippen LogP contribution in [0.5, 0.6) is 0 Å². The number of hydrogen-bond acceptors (Lipinski definition) is 12. The fourth-order valence-corrected chi connectivity index (χ4v) is 5.36. The summed E-state index contributed by atoms with van der Waals surface area (Å²) in [4.78, 5) is 74.4. The van der Waals surface area contributed by atoms with Gasteiger partial charge in [-0.2, -0.15) is 0 Å². The number of hydrogen-bond donors (Lipinski definition) is 6. The molecule has 0 aromatic heterocycles. The number of halogens is 1. The van der Waals surface area contributed by atoms with Gasteiger partial charge in [-0.05, 0) is 12.8 Å². The topological polar surface area (TPSA) is 293 Å². The molecule has 0 heterocycles. The zero-order valence-corrected chi connectivity index (χ0v) is 39.4. The largest absolute Gasteiger partial charge is 1.00 e. The first-order valence-electron chi connectivity index (χ1n) is 18.2. The van der Waals surface area contributed by atoms with Gasteiger partial charge in [-0.15, -0.1) is 0 Å². The van der Waals surface area contributed by atoms with E-state index in [4.69, 9.17) is 30.6 Å². The Morgan fingerprint density at radius 3 is 1.28 bits per heavy atom. The molecule has 0 bridgehead atoms. The van der Waals surface area contributed by atoms with Crippen LogP contribution in [0.1, 0.15) is 89.5 Å². The quantitative estimate of drug-likeness (QED) is 0.0248. The molecule has 6 N–H and O–H groups in total.